The van der Waals surface area contributed by atoms with E-state index in [1.165, 1.54) is 48.5 Å². The minimum absolute atomic E-state index is 0.128. The summed E-state index contributed by atoms with van der Waals surface area (Å²) in [5, 5.41) is 60.8. The molecule has 7 N–H and O–H groups in total. The van der Waals surface area contributed by atoms with Gasteiger partial charge in [0, 0.05) is 23.4 Å². The topological polar surface area (TPSA) is 181 Å². The molecule has 10 nitrogen and oxygen atoms in total. The maximum atomic E-state index is 12.5. The molecule has 0 bridgehead atoms. The van der Waals surface area contributed by atoms with Gasteiger partial charge < -0.3 is 40.4 Å². The molecule has 1 heterocycles. The van der Waals surface area contributed by atoms with E-state index in [4.69, 9.17) is 4.42 Å². The van der Waals surface area contributed by atoms with Crippen molar-refractivity contribution in [1.82, 2.24) is 5.32 Å². The van der Waals surface area contributed by atoms with Crippen LogP contribution >= 0.6 is 0 Å². The Bertz CT molecular complexity index is 1500. The molecule has 1 atom stereocenters. The standard InChI is InChI=1S/C26H21NO9/c28-18-5-1-13(10-21(18)31)9-17(26(34)35)27-24(33)8-4-14-2-7-20(30)25-16(14)12-23(36-25)15-3-6-19(29)22(32)11-15/h1-8,10-12,17,28-32H,9H2,(H,27,33)(H,34,35). The number of phenolic OH excluding ortho intramolecular Hbond substituents is 5. The molecule has 0 fully saturated rings. The van der Waals surface area contributed by atoms with Gasteiger partial charge in [-0.25, -0.2) is 4.79 Å². The van der Waals surface area contributed by atoms with Gasteiger partial charge in [0.2, 0.25) is 5.91 Å². The Labute approximate surface area is 203 Å². The third-order valence-corrected chi connectivity index (χ3v) is 5.46. The predicted molar refractivity (Wildman–Crippen MR) is 129 cm³/mol. The highest BCUT2D eigenvalue weighted by Crippen LogP contribution is 2.37. The summed E-state index contributed by atoms with van der Waals surface area (Å²) < 4.78 is 5.71. The van der Waals surface area contributed by atoms with Crippen molar-refractivity contribution in [1.29, 1.82) is 0 Å². The Morgan fingerprint density at radius 2 is 1.50 bits per heavy atom. The average molecular weight is 491 g/mol. The van der Waals surface area contributed by atoms with Gasteiger partial charge in [0.1, 0.15) is 11.8 Å². The molecule has 0 radical (unpaired) electrons. The number of fused-ring (bicyclic) bond motifs is 1. The van der Waals surface area contributed by atoms with E-state index in [1.54, 1.807) is 12.1 Å². The Balaban J connectivity index is 1.56. The van der Waals surface area contributed by atoms with Gasteiger partial charge in [0.25, 0.3) is 0 Å². The number of carboxylic acid groups (broad SMARTS) is 1. The zero-order valence-electron chi connectivity index (χ0n) is 18.5. The molecule has 0 aliphatic carbocycles. The molecule has 4 rings (SSSR count). The number of carboxylic acids is 1. The summed E-state index contributed by atoms with van der Waals surface area (Å²) in [6.45, 7) is 0. The Hall–Kier alpha value is -5.12. The van der Waals surface area contributed by atoms with E-state index < -0.39 is 23.7 Å². The van der Waals surface area contributed by atoms with Gasteiger partial charge in [-0.3, -0.25) is 4.79 Å². The van der Waals surface area contributed by atoms with Crippen LogP contribution < -0.4 is 5.32 Å². The van der Waals surface area contributed by atoms with E-state index in [1.807, 2.05) is 0 Å². The van der Waals surface area contributed by atoms with Crippen LogP contribution in [0.25, 0.3) is 28.4 Å². The number of aromatic hydroxyl groups is 5. The number of rotatable bonds is 7. The zero-order valence-corrected chi connectivity index (χ0v) is 18.5. The van der Waals surface area contributed by atoms with E-state index in [2.05, 4.69) is 5.32 Å². The van der Waals surface area contributed by atoms with Crippen LogP contribution in [0.3, 0.4) is 0 Å². The largest absolute Gasteiger partial charge is 0.504 e. The van der Waals surface area contributed by atoms with Gasteiger partial charge in [0.05, 0.1) is 0 Å². The summed E-state index contributed by atoms with van der Waals surface area (Å²) in [5.74, 6) is -3.22. The van der Waals surface area contributed by atoms with Crippen molar-refractivity contribution in [2.24, 2.45) is 0 Å². The number of nitrogens with one attached hydrogen (secondary N) is 1. The summed E-state index contributed by atoms with van der Waals surface area (Å²) in [7, 11) is 0. The van der Waals surface area contributed by atoms with Crippen LogP contribution in [-0.4, -0.2) is 48.6 Å². The highest BCUT2D eigenvalue weighted by molar-refractivity contribution is 5.99. The van der Waals surface area contributed by atoms with Crippen LogP contribution in [0.15, 0.2) is 65.1 Å². The number of hydrogen-bond acceptors (Lipinski definition) is 8. The van der Waals surface area contributed by atoms with Crippen LogP contribution in [0.2, 0.25) is 0 Å². The molecule has 0 saturated carbocycles. The number of hydrogen-bond donors (Lipinski definition) is 7. The number of phenols is 5. The molecule has 1 unspecified atom stereocenters. The number of amides is 1. The van der Waals surface area contributed by atoms with Gasteiger partial charge in [0.15, 0.2) is 34.3 Å². The fraction of sp³-hybridized carbons (Fsp3) is 0.0769. The molecule has 1 amide bonds. The molecule has 3 aromatic carbocycles. The lowest BCUT2D eigenvalue weighted by Crippen LogP contribution is -2.41. The van der Waals surface area contributed by atoms with Crippen molar-refractivity contribution < 1.29 is 44.6 Å². The lowest BCUT2D eigenvalue weighted by molar-refractivity contribution is -0.141. The Morgan fingerprint density at radius 1 is 0.833 bits per heavy atom. The fourth-order valence-corrected chi connectivity index (χ4v) is 3.61. The van der Waals surface area contributed by atoms with Crippen LogP contribution in [0.5, 0.6) is 28.7 Å². The molecule has 36 heavy (non-hydrogen) atoms. The van der Waals surface area contributed by atoms with Gasteiger partial charge in [-0.2, -0.15) is 0 Å². The first-order chi connectivity index (χ1) is 17.1. The molecule has 10 heteroatoms. The van der Waals surface area contributed by atoms with E-state index in [9.17, 15) is 40.2 Å². The Kier molecular flexibility index (Phi) is 6.42. The van der Waals surface area contributed by atoms with Crippen LogP contribution in [0.4, 0.5) is 0 Å². The molecule has 0 aliphatic rings. The van der Waals surface area contributed by atoms with Gasteiger partial charge in [-0.05, 0) is 59.7 Å². The number of carbonyl (C=O) groups is 2. The van der Waals surface area contributed by atoms with Gasteiger partial charge in [-0.15, -0.1) is 0 Å². The quantitative estimate of drug-likeness (QED) is 0.150. The molecule has 1 aromatic heterocycles. The molecule has 0 spiro atoms. The maximum absolute atomic E-state index is 12.5. The molecular formula is C26H21NO9. The third-order valence-electron chi connectivity index (χ3n) is 5.46. The van der Waals surface area contributed by atoms with Crippen LogP contribution in [-0.2, 0) is 16.0 Å². The van der Waals surface area contributed by atoms with Crippen LogP contribution in [0.1, 0.15) is 11.1 Å². The first kappa shape index (κ1) is 24.0. The van der Waals surface area contributed by atoms with Crippen molar-refractivity contribution >= 4 is 28.9 Å². The van der Waals surface area contributed by atoms with E-state index >= 15 is 0 Å². The fourth-order valence-electron chi connectivity index (χ4n) is 3.61. The second kappa shape index (κ2) is 9.63. The summed E-state index contributed by atoms with van der Waals surface area (Å²) in [6, 6.07) is 11.2. The second-order valence-electron chi connectivity index (χ2n) is 7.99. The van der Waals surface area contributed by atoms with E-state index in [0.29, 0.717) is 27.8 Å². The lowest BCUT2D eigenvalue weighted by Gasteiger charge is -2.13. The van der Waals surface area contributed by atoms with E-state index in [-0.39, 0.29) is 35.0 Å². The summed E-state index contributed by atoms with van der Waals surface area (Å²) in [5.41, 5.74) is 1.47. The predicted octanol–water partition coefficient (Wildman–Crippen LogP) is 3.45. The van der Waals surface area contributed by atoms with Crippen molar-refractivity contribution in [3.8, 4) is 40.1 Å². The normalized spacial score (nSPS) is 12.1. The van der Waals surface area contributed by atoms with Crippen LogP contribution in [0, 0.1) is 0 Å². The monoisotopic (exact) mass is 491 g/mol. The molecule has 184 valence electrons. The molecule has 0 aliphatic heterocycles. The zero-order chi connectivity index (χ0) is 26.0. The van der Waals surface area contributed by atoms with Crippen molar-refractivity contribution in [3.05, 3.63) is 71.8 Å². The lowest BCUT2D eigenvalue weighted by atomic mass is 10.0. The molecule has 4 aromatic rings. The highest BCUT2D eigenvalue weighted by Gasteiger charge is 2.20. The number of aliphatic carboxylic acids is 1. The Morgan fingerprint density at radius 3 is 2.17 bits per heavy atom. The average Bonchev–Trinajstić information content (AvgIpc) is 3.29. The number of carbonyl (C=O) groups excluding carboxylic acids is 1. The molecule has 0 saturated heterocycles. The minimum atomic E-state index is -1.30. The number of benzene rings is 3. The molecular weight excluding hydrogens is 470 g/mol. The summed E-state index contributed by atoms with van der Waals surface area (Å²) in [4.78, 5) is 24.1. The van der Waals surface area contributed by atoms with Gasteiger partial charge >= 0.3 is 5.97 Å². The summed E-state index contributed by atoms with van der Waals surface area (Å²) >= 11 is 0. The first-order valence-electron chi connectivity index (χ1n) is 10.6. The smallest absolute Gasteiger partial charge is 0.326 e. The van der Waals surface area contributed by atoms with E-state index in [0.717, 1.165) is 6.08 Å². The number of furan rings is 1. The van der Waals surface area contributed by atoms with Gasteiger partial charge in [-0.1, -0.05) is 12.1 Å². The summed E-state index contributed by atoms with van der Waals surface area (Å²) in [6.07, 6.45) is 2.43. The van der Waals surface area contributed by atoms with Crippen molar-refractivity contribution in [3.63, 3.8) is 0 Å². The second-order valence-corrected chi connectivity index (χ2v) is 7.99. The van der Waals surface area contributed by atoms with Crippen molar-refractivity contribution in [2.75, 3.05) is 0 Å². The first-order valence-corrected chi connectivity index (χ1v) is 10.6. The van der Waals surface area contributed by atoms with Crippen molar-refractivity contribution in [2.45, 2.75) is 12.5 Å². The minimum Gasteiger partial charge on any atom is -0.504 e. The highest BCUT2D eigenvalue weighted by atomic mass is 16.4. The maximum Gasteiger partial charge on any atom is 0.326 e. The SMILES string of the molecule is O=C(C=Cc1ccc(O)c2oc(-c3ccc(O)c(O)c3)cc12)NC(Cc1ccc(O)c(O)c1)C(=O)O. The third kappa shape index (κ3) is 5.02.